The van der Waals surface area contributed by atoms with Crippen LogP contribution >= 0.6 is 0 Å². The van der Waals surface area contributed by atoms with Gasteiger partial charge in [0.1, 0.15) is 0 Å². The molecule has 3 aliphatic carbocycles. The van der Waals surface area contributed by atoms with Crippen LogP contribution in [0.25, 0.3) is 0 Å². The van der Waals surface area contributed by atoms with E-state index in [4.69, 9.17) is 0 Å². The van der Waals surface area contributed by atoms with Gasteiger partial charge in [0.05, 0.1) is 5.57 Å². The molecule has 0 amide bonds. The fraction of sp³-hybridized carbons (Fsp3) is 0.667. The van der Waals surface area contributed by atoms with E-state index in [1.165, 1.54) is 18.1 Å². The Bertz CT molecular complexity index is 1170. The van der Waals surface area contributed by atoms with E-state index in [1.807, 2.05) is 13.8 Å². The molecule has 6 unspecified atom stereocenters. The van der Waals surface area contributed by atoms with Crippen LogP contribution in [0.4, 0.5) is 0 Å². The average molecular weight is 491 g/mol. The number of allylic oxidation sites excluding steroid dienone is 2. The molecule has 0 aromatic heterocycles. The molecule has 1 aromatic rings. The summed E-state index contributed by atoms with van der Waals surface area (Å²) in [6.07, 6.45) is 4.58. The number of aryl methyl sites for hydroxylation is 2. The zero-order valence-corrected chi connectivity index (χ0v) is 24.2. The molecule has 4 rings (SSSR count). The lowest BCUT2D eigenvalue weighted by Gasteiger charge is -2.64. The molecule has 1 aromatic carbocycles. The van der Waals surface area contributed by atoms with Gasteiger partial charge in [-0.15, -0.1) is 0 Å². The van der Waals surface area contributed by atoms with Gasteiger partial charge in [-0.1, -0.05) is 66.2 Å². The maximum atomic E-state index is 14.4. The van der Waals surface area contributed by atoms with Crippen LogP contribution in [0.2, 0.25) is 0 Å². The number of carbonyl (C=O) groups is 3. The molecule has 3 nitrogen and oxygen atoms in total. The Morgan fingerprint density at radius 1 is 1.06 bits per heavy atom. The molecule has 3 aliphatic rings. The van der Waals surface area contributed by atoms with Crippen molar-refractivity contribution in [1.82, 2.24) is 0 Å². The van der Waals surface area contributed by atoms with Gasteiger partial charge in [0.2, 0.25) is 0 Å². The fourth-order valence-electron chi connectivity index (χ4n) is 8.57. The van der Waals surface area contributed by atoms with E-state index in [1.54, 1.807) is 0 Å². The summed E-state index contributed by atoms with van der Waals surface area (Å²) >= 11 is 0. The summed E-state index contributed by atoms with van der Waals surface area (Å²) in [6, 6.07) is 4.38. The van der Waals surface area contributed by atoms with E-state index in [9.17, 15) is 14.4 Å². The summed E-state index contributed by atoms with van der Waals surface area (Å²) in [6.45, 7) is 21.1. The van der Waals surface area contributed by atoms with Gasteiger partial charge in [-0.05, 0) is 98.1 Å². The number of Topliss-reactive ketones (excluding diaryl/α,β-unsaturated/α-hetero) is 3. The molecule has 0 aliphatic heterocycles. The fourth-order valence-corrected chi connectivity index (χ4v) is 8.57. The second-order valence-electron chi connectivity index (χ2n) is 13.8. The molecule has 36 heavy (non-hydrogen) atoms. The molecular formula is C33H46O3. The second kappa shape index (κ2) is 8.77. The highest BCUT2D eigenvalue weighted by Gasteiger charge is 2.67. The molecule has 6 atom stereocenters. The number of ketones is 3. The molecule has 1 saturated carbocycles. The second-order valence-corrected chi connectivity index (χ2v) is 13.8. The topological polar surface area (TPSA) is 51.2 Å². The average Bonchev–Trinajstić information content (AvgIpc) is 2.74. The van der Waals surface area contributed by atoms with E-state index >= 15 is 0 Å². The van der Waals surface area contributed by atoms with Gasteiger partial charge in [-0.2, -0.15) is 0 Å². The summed E-state index contributed by atoms with van der Waals surface area (Å²) in [4.78, 5) is 40.9. The molecule has 0 saturated heterocycles. The third-order valence-electron chi connectivity index (χ3n) is 11.1. The Morgan fingerprint density at radius 2 is 1.69 bits per heavy atom. The predicted octanol–water partition coefficient (Wildman–Crippen LogP) is 7.51. The third kappa shape index (κ3) is 3.71. The highest BCUT2D eigenvalue weighted by atomic mass is 16.2. The van der Waals surface area contributed by atoms with Gasteiger partial charge < -0.3 is 0 Å². The lowest BCUT2D eigenvalue weighted by molar-refractivity contribution is -0.159. The highest BCUT2D eigenvalue weighted by molar-refractivity contribution is 6.23. The summed E-state index contributed by atoms with van der Waals surface area (Å²) in [7, 11) is 0. The minimum Gasteiger partial charge on any atom is -0.294 e. The molecule has 0 spiro atoms. The van der Waals surface area contributed by atoms with Gasteiger partial charge >= 0.3 is 0 Å². The zero-order chi connectivity index (χ0) is 27.0. The zero-order valence-electron chi connectivity index (χ0n) is 24.2. The van der Waals surface area contributed by atoms with Crippen molar-refractivity contribution in [3.05, 3.63) is 45.5 Å². The van der Waals surface area contributed by atoms with E-state index in [0.29, 0.717) is 17.4 Å². The Morgan fingerprint density at radius 3 is 2.28 bits per heavy atom. The van der Waals surface area contributed by atoms with Crippen molar-refractivity contribution in [2.75, 3.05) is 0 Å². The van der Waals surface area contributed by atoms with Crippen LogP contribution in [0.15, 0.2) is 23.3 Å². The van der Waals surface area contributed by atoms with Crippen molar-refractivity contribution in [2.24, 2.45) is 39.9 Å². The van der Waals surface area contributed by atoms with Gasteiger partial charge in [0, 0.05) is 16.9 Å². The van der Waals surface area contributed by atoms with Crippen LogP contribution in [0.1, 0.15) is 109 Å². The largest absolute Gasteiger partial charge is 0.294 e. The van der Waals surface area contributed by atoms with E-state index in [-0.39, 0.29) is 40.0 Å². The van der Waals surface area contributed by atoms with Crippen LogP contribution in [0, 0.1) is 46.8 Å². The number of rotatable bonds is 5. The number of carbonyl (C=O) groups excluding carboxylic acids is 3. The molecule has 0 radical (unpaired) electrons. The molecule has 0 heterocycles. The molecule has 196 valence electrons. The Labute approximate surface area is 218 Å². The molecule has 1 fully saturated rings. The first-order chi connectivity index (χ1) is 16.6. The van der Waals surface area contributed by atoms with Crippen molar-refractivity contribution in [3.8, 4) is 0 Å². The van der Waals surface area contributed by atoms with Crippen LogP contribution in [-0.2, 0) is 22.4 Å². The van der Waals surface area contributed by atoms with Crippen molar-refractivity contribution >= 4 is 17.3 Å². The Hall–Kier alpha value is -2.03. The lowest BCUT2D eigenvalue weighted by atomic mass is 9.37. The van der Waals surface area contributed by atoms with Gasteiger partial charge in [-0.25, -0.2) is 0 Å². The first kappa shape index (κ1) is 27.0. The SMILES string of the molecule is CC(=O)C1=C(C)CC2(C)CC3(C)Cc4c(CCC(C)C(C)C)ccc(C)c4C(=O)C3C(C)C2(C)C1=O. The van der Waals surface area contributed by atoms with Crippen molar-refractivity contribution < 1.29 is 14.4 Å². The summed E-state index contributed by atoms with van der Waals surface area (Å²) in [5, 5.41) is 0. The van der Waals surface area contributed by atoms with Crippen LogP contribution in [0.3, 0.4) is 0 Å². The van der Waals surface area contributed by atoms with Crippen molar-refractivity contribution in [3.63, 3.8) is 0 Å². The number of fused-ring (bicyclic) bond motifs is 3. The molecule has 0 bridgehead atoms. The Balaban J connectivity index is 1.83. The van der Waals surface area contributed by atoms with Gasteiger partial charge in [-0.3, -0.25) is 14.4 Å². The number of hydrogen-bond acceptors (Lipinski definition) is 3. The van der Waals surface area contributed by atoms with Crippen LogP contribution < -0.4 is 0 Å². The Kier molecular flexibility index (Phi) is 6.59. The quantitative estimate of drug-likeness (QED) is 0.401. The maximum absolute atomic E-state index is 14.4. The van der Waals surface area contributed by atoms with E-state index in [2.05, 4.69) is 60.6 Å². The van der Waals surface area contributed by atoms with Crippen LogP contribution in [-0.4, -0.2) is 17.3 Å². The van der Waals surface area contributed by atoms with Crippen molar-refractivity contribution in [2.45, 2.75) is 101 Å². The van der Waals surface area contributed by atoms with E-state index < -0.39 is 5.41 Å². The number of hydrogen-bond donors (Lipinski definition) is 0. The molecule has 3 heteroatoms. The van der Waals surface area contributed by atoms with Gasteiger partial charge in [0.15, 0.2) is 17.3 Å². The van der Waals surface area contributed by atoms with Gasteiger partial charge in [0.25, 0.3) is 0 Å². The summed E-state index contributed by atoms with van der Waals surface area (Å²) in [5.74, 6) is 0.960. The standard InChI is InChI=1S/C33H46O3/c1-18(2)19(3)11-13-24-14-12-20(4)27-25(24)16-31(8)17-32(9)15-21(5)26(23(7)34)30(36)33(32,10)22(6)28(31)29(27)35/h12,14,18-19,22,28H,11,13,15-17H2,1-10H3. The molecule has 0 N–H and O–H groups in total. The van der Waals surface area contributed by atoms with Crippen molar-refractivity contribution in [1.29, 1.82) is 0 Å². The third-order valence-corrected chi connectivity index (χ3v) is 11.1. The number of benzene rings is 1. The molecular weight excluding hydrogens is 444 g/mol. The maximum Gasteiger partial charge on any atom is 0.173 e. The lowest BCUT2D eigenvalue weighted by Crippen LogP contribution is -2.64. The highest BCUT2D eigenvalue weighted by Crippen LogP contribution is 2.68. The minimum absolute atomic E-state index is 0.0393. The minimum atomic E-state index is -0.733. The first-order valence-electron chi connectivity index (χ1n) is 14.0. The van der Waals surface area contributed by atoms with Crippen LogP contribution in [0.5, 0.6) is 0 Å². The smallest absolute Gasteiger partial charge is 0.173 e. The first-order valence-corrected chi connectivity index (χ1v) is 14.0. The monoisotopic (exact) mass is 490 g/mol. The predicted molar refractivity (Wildman–Crippen MR) is 146 cm³/mol. The van der Waals surface area contributed by atoms with E-state index in [0.717, 1.165) is 48.8 Å². The summed E-state index contributed by atoms with van der Waals surface area (Å²) in [5.41, 5.74) is 4.62. The normalized spacial score (nSPS) is 34.9. The summed E-state index contributed by atoms with van der Waals surface area (Å²) < 4.78 is 0.